The van der Waals surface area contributed by atoms with Crippen LogP contribution in [0.5, 0.6) is 5.75 Å². The lowest BCUT2D eigenvalue weighted by Gasteiger charge is -2.38. The third-order valence-electron chi connectivity index (χ3n) is 6.60. The van der Waals surface area contributed by atoms with Crippen molar-refractivity contribution < 1.29 is 23.4 Å². The van der Waals surface area contributed by atoms with Gasteiger partial charge in [-0.05, 0) is 35.9 Å². The number of benzene rings is 3. The number of carbonyl (C=O) groups excluding carboxylic acids is 1. The zero-order valence-corrected chi connectivity index (χ0v) is 20.1. The van der Waals surface area contributed by atoms with Crippen LogP contribution in [0.3, 0.4) is 0 Å². The fourth-order valence-corrected chi connectivity index (χ4v) is 4.52. The molecule has 0 atom stereocenters. The highest BCUT2D eigenvalue weighted by Crippen LogP contribution is 2.32. The Hall–Kier alpha value is -3.78. The number of hydrogen-bond acceptors (Lipinski definition) is 6. The summed E-state index contributed by atoms with van der Waals surface area (Å²) in [6, 6.07) is 24.0. The van der Waals surface area contributed by atoms with E-state index in [1.807, 2.05) is 42.5 Å². The van der Waals surface area contributed by atoms with Crippen LogP contribution in [0.15, 0.2) is 88.1 Å². The summed E-state index contributed by atoms with van der Waals surface area (Å²) in [4.78, 5) is 25.9. The lowest BCUT2D eigenvalue weighted by atomic mass is 10.0. The monoisotopic (exact) mass is 486 g/mol. The Morgan fingerprint density at radius 1 is 0.944 bits per heavy atom. The largest absolute Gasteiger partial charge is 0.497 e. The number of rotatable bonds is 8. The molecule has 7 heteroatoms. The van der Waals surface area contributed by atoms with Gasteiger partial charge in [0, 0.05) is 11.1 Å². The van der Waals surface area contributed by atoms with Crippen molar-refractivity contribution >= 4 is 22.6 Å². The van der Waals surface area contributed by atoms with E-state index in [0.29, 0.717) is 54.5 Å². The van der Waals surface area contributed by atoms with Gasteiger partial charge in [-0.2, -0.15) is 0 Å². The van der Waals surface area contributed by atoms with Gasteiger partial charge in [-0.3, -0.25) is 9.59 Å². The van der Waals surface area contributed by atoms with Crippen molar-refractivity contribution in [1.29, 1.82) is 0 Å². The summed E-state index contributed by atoms with van der Waals surface area (Å²) < 4.78 is 23.5. The second kappa shape index (κ2) is 10.5. The first-order valence-electron chi connectivity index (χ1n) is 11.9. The van der Waals surface area contributed by atoms with Crippen molar-refractivity contribution in [2.75, 3.05) is 46.8 Å². The Morgan fingerprint density at radius 2 is 1.69 bits per heavy atom. The molecule has 0 saturated carbocycles. The van der Waals surface area contributed by atoms with Gasteiger partial charge in [-0.25, -0.2) is 4.48 Å². The van der Waals surface area contributed by atoms with Crippen LogP contribution >= 0.6 is 0 Å². The van der Waals surface area contributed by atoms with Crippen LogP contribution in [0, 0.1) is 0 Å². The molecule has 0 bridgehead atoms. The molecular formula is C29H28NO6+. The number of quaternary nitrogens is 1. The van der Waals surface area contributed by atoms with E-state index in [1.54, 1.807) is 43.5 Å². The molecule has 1 aromatic heterocycles. The van der Waals surface area contributed by atoms with E-state index < -0.39 is 0 Å². The predicted octanol–water partition coefficient (Wildman–Crippen LogP) is 4.66. The van der Waals surface area contributed by atoms with Crippen molar-refractivity contribution in [3.8, 4) is 16.9 Å². The van der Waals surface area contributed by atoms with Gasteiger partial charge < -0.3 is 18.6 Å². The van der Waals surface area contributed by atoms with Crippen LogP contribution in [0.1, 0.15) is 10.4 Å². The summed E-state index contributed by atoms with van der Waals surface area (Å²) in [7, 11) is 1.58. The molecule has 0 aliphatic carbocycles. The average molecular weight is 487 g/mol. The molecule has 1 fully saturated rings. The Balaban J connectivity index is 1.45. The molecule has 5 rings (SSSR count). The zero-order valence-electron chi connectivity index (χ0n) is 20.1. The van der Waals surface area contributed by atoms with Crippen LogP contribution in [-0.4, -0.2) is 52.5 Å². The number of ether oxygens (including phenoxy) is 3. The minimum atomic E-state index is -0.129. The van der Waals surface area contributed by atoms with Crippen LogP contribution in [0.2, 0.25) is 0 Å². The number of fused-ring (bicyclic) bond motifs is 1. The number of nitrogens with zero attached hydrogens (tertiary/aromatic N) is 1. The normalized spacial score (nSPS) is 15.0. The van der Waals surface area contributed by atoms with Crippen molar-refractivity contribution in [1.82, 2.24) is 4.48 Å². The summed E-state index contributed by atoms with van der Waals surface area (Å²) in [5.41, 5.74) is 2.81. The predicted molar refractivity (Wildman–Crippen MR) is 138 cm³/mol. The number of hydrogen-bond donors (Lipinski definition) is 0. The fraction of sp³-hybridized carbons (Fsp3) is 0.241. The molecule has 7 nitrogen and oxygen atoms in total. The average Bonchev–Trinajstić information content (AvgIpc) is 2.93. The molecule has 0 spiro atoms. The quantitative estimate of drug-likeness (QED) is 0.266. The zero-order chi connectivity index (χ0) is 25.0. The van der Waals surface area contributed by atoms with E-state index in [0.717, 1.165) is 11.1 Å². The van der Waals surface area contributed by atoms with Gasteiger partial charge in [0.1, 0.15) is 25.4 Å². The minimum Gasteiger partial charge on any atom is -0.497 e. The van der Waals surface area contributed by atoms with Crippen LogP contribution < -0.4 is 14.6 Å². The number of Topliss-reactive ketones (excluding diaryl/α,β-unsaturated/α-hetero) is 1. The molecule has 36 heavy (non-hydrogen) atoms. The number of para-hydroxylation sites is 1. The van der Waals surface area contributed by atoms with Crippen molar-refractivity contribution in [3.05, 3.63) is 94.6 Å². The fourth-order valence-electron chi connectivity index (χ4n) is 4.52. The summed E-state index contributed by atoms with van der Waals surface area (Å²) in [6.45, 7) is 2.24. The van der Waals surface area contributed by atoms with Gasteiger partial charge in [0.25, 0.3) is 0 Å². The maximum Gasteiger partial charge on any atom is 0.303 e. The highest BCUT2D eigenvalue weighted by Gasteiger charge is 2.37. The lowest BCUT2D eigenvalue weighted by Crippen LogP contribution is -2.58. The first-order chi connectivity index (χ1) is 17.6. The molecule has 4 aromatic rings. The molecule has 1 aliphatic rings. The van der Waals surface area contributed by atoms with Crippen LogP contribution in [-0.2, 0) is 9.47 Å². The number of morpholine rings is 1. The summed E-state index contributed by atoms with van der Waals surface area (Å²) in [6.07, 6.45) is 0. The van der Waals surface area contributed by atoms with Crippen LogP contribution in [0.25, 0.3) is 22.1 Å². The highest BCUT2D eigenvalue weighted by atomic mass is 16.5. The number of methoxy groups -OCH3 is 1. The second-order valence-electron chi connectivity index (χ2n) is 8.83. The summed E-state index contributed by atoms with van der Waals surface area (Å²) >= 11 is 0. The third kappa shape index (κ3) is 4.81. The van der Waals surface area contributed by atoms with Gasteiger partial charge in [-0.15, -0.1) is 0 Å². The molecule has 1 saturated heterocycles. The maximum absolute atomic E-state index is 13.2. The third-order valence-corrected chi connectivity index (χ3v) is 6.60. The van der Waals surface area contributed by atoms with Crippen molar-refractivity contribution in [3.63, 3.8) is 0 Å². The SMILES string of the molecule is COc1ccc(C(=O)COC[N+]2(c3cc(=O)c4cccc(-c5ccccc5)c4o3)CCOCC2)cc1. The first-order valence-corrected chi connectivity index (χ1v) is 11.9. The van der Waals surface area contributed by atoms with E-state index in [1.165, 1.54) is 0 Å². The standard InChI is InChI=1S/C29H28NO6/c1-33-23-12-10-22(11-13-23)27(32)19-35-20-30(14-16-34-17-15-30)28-18-26(31)25-9-5-8-24(29(25)36-28)21-6-3-2-4-7-21/h2-13,18H,14-17,19-20H2,1H3/q+1. The van der Waals surface area contributed by atoms with Gasteiger partial charge in [-0.1, -0.05) is 42.5 Å². The molecule has 184 valence electrons. The number of carbonyl (C=O) groups is 1. The molecule has 1 aliphatic heterocycles. The highest BCUT2D eigenvalue weighted by molar-refractivity contribution is 5.97. The van der Waals surface area contributed by atoms with Gasteiger partial charge >= 0.3 is 5.88 Å². The molecular weight excluding hydrogens is 458 g/mol. The smallest absolute Gasteiger partial charge is 0.303 e. The van der Waals surface area contributed by atoms with E-state index in [2.05, 4.69) is 0 Å². The molecule has 3 aromatic carbocycles. The second-order valence-corrected chi connectivity index (χ2v) is 8.83. The topological polar surface area (TPSA) is 75.0 Å². The first kappa shape index (κ1) is 23.9. The molecule has 0 unspecified atom stereocenters. The minimum absolute atomic E-state index is 0.0831. The molecule has 0 radical (unpaired) electrons. The van der Waals surface area contributed by atoms with Crippen LogP contribution in [0.4, 0.5) is 5.88 Å². The van der Waals surface area contributed by atoms with Crippen molar-refractivity contribution in [2.45, 2.75) is 0 Å². The van der Waals surface area contributed by atoms with Gasteiger partial charge in [0.2, 0.25) is 0 Å². The van der Waals surface area contributed by atoms with E-state index in [9.17, 15) is 9.59 Å². The lowest BCUT2D eigenvalue weighted by molar-refractivity contribution is -0.0320. The summed E-state index contributed by atoms with van der Waals surface area (Å²) in [5, 5.41) is 0.530. The molecule has 0 N–H and O–H groups in total. The van der Waals surface area contributed by atoms with E-state index in [4.69, 9.17) is 18.6 Å². The Kier molecular flexibility index (Phi) is 6.95. The number of ketones is 1. The Labute approximate surface area is 209 Å². The van der Waals surface area contributed by atoms with Crippen molar-refractivity contribution in [2.24, 2.45) is 0 Å². The Bertz CT molecular complexity index is 1410. The van der Waals surface area contributed by atoms with E-state index in [-0.39, 0.29) is 29.0 Å². The summed E-state index contributed by atoms with van der Waals surface area (Å²) in [5.74, 6) is 1.07. The van der Waals surface area contributed by atoms with Gasteiger partial charge in [0.15, 0.2) is 23.5 Å². The molecule has 2 heterocycles. The Morgan fingerprint density at radius 3 is 2.42 bits per heavy atom. The van der Waals surface area contributed by atoms with Gasteiger partial charge in [0.05, 0.1) is 31.8 Å². The van der Waals surface area contributed by atoms with E-state index >= 15 is 0 Å². The maximum atomic E-state index is 13.2. The molecule has 0 amide bonds.